The minimum absolute atomic E-state index is 0.364. The van der Waals surface area contributed by atoms with Crippen LogP contribution in [0.5, 0.6) is 5.75 Å². The Bertz CT molecular complexity index is 402. The summed E-state index contributed by atoms with van der Waals surface area (Å²) in [7, 11) is 0. The largest absolute Gasteiger partial charge is 0.489 e. The summed E-state index contributed by atoms with van der Waals surface area (Å²) in [5.74, 6) is 2.50. The molecule has 0 saturated heterocycles. The molecule has 3 nitrogen and oxygen atoms in total. The molecule has 3 atom stereocenters. The van der Waals surface area contributed by atoms with Crippen molar-refractivity contribution in [2.45, 2.75) is 65.6 Å². The monoisotopic (exact) mass is 276 g/mol. The van der Waals surface area contributed by atoms with Crippen LogP contribution in [0.25, 0.3) is 0 Å². The predicted molar refractivity (Wildman–Crippen MR) is 82.8 cm³/mol. The van der Waals surface area contributed by atoms with Gasteiger partial charge in [-0.05, 0) is 43.2 Å². The van der Waals surface area contributed by atoms with Crippen LogP contribution in [-0.4, -0.2) is 17.1 Å². The summed E-state index contributed by atoms with van der Waals surface area (Å²) in [6.45, 7) is 9.78. The van der Waals surface area contributed by atoms with E-state index in [0.29, 0.717) is 12.1 Å². The molecule has 1 aromatic heterocycles. The molecular formula is C17H28N2O. The van der Waals surface area contributed by atoms with Gasteiger partial charge in [0.1, 0.15) is 5.75 Å². The Kier molecular flexibility index (Phi) is 5.41. The van der Waals surface area contributed by atoms with Gasteiger partial charge < -0.3 is 10.1 Å². The Labute approximate surface area is 123 Å². The van der Waals surface area contributed by atoms with Crippen molar-refractivity contribution in [1.82, 2.24) is 10.3 Å². The van der Waals surface area contributed by atoms with Crippen LogP contribution >= 0.6 is 0 Å². The third-order valence-electron chi connectivity index (χ3n) is 4.34. The van der Waals surface area contributed by atoms with E-state index in [2.05, 4.69) is 44.1 Å². The molecule has 3 unspecified atom stereocenters. The molecule has 0 aromatic carbocycles. The van der Waals surface area contributed by atoms with Crippen LogP contribution in [0.4, 0.5) is 0 Å². The average Bonchev–Trinajstić information content (AvgIpc) is 2.42. The maximum Gasteiger partial charge on any atom is 0.138 e. The Hall–Kier alpha value is -1.09. The number of pyridine rings is 1. The average molecular weight is 276 g/mol. The normalized spacial score (nSPS) is 26.8. The lowest BCUT2D eigenvalue weighted by Gasteiger charge is -2.32. The molecule has 1 fully saturated rings. The molecule has 2 rings (SSSR count). The molecule has 20 heavy (non-hydrogen) atoms. The number of nitrogens with zero attached hydrogens (tertiary/aromatic N) is 1. The molecular weight excluding hydrogens is 248 g/mol. The fourth-order valence-electron chi connectivity index (χ4n) is 2.69. The van der Waals surface area contributed by atoms with Crippen LogP contribution in [0, 0.1) is 11.8 Å². The van der Waals surface area contributed by atoms with Crippen molar-refractivity contribution in [3.8, 4) is 5.75 Å². The fraction of sp³-hybridized carbons (Fsp3) is 0.706. The van der Waals surface area contributed by atoms with E-state index in [4.69, 9.17) is 4.74 Å². The van der Waals surface area contributed by atoms with E-state index >= 15 is 0 Å². The summed E-state index contributed by atoms with van der Waals surface area (Å²) >= 11 is 0. The Balaban J connectivity index is 1.84. The summed E-state index contributed by atoms with van der Waals surface area (Å²) in [6.07, 6.45) is 5.83. The fourth-order valence-corrected chi connectivity index (χ4v) is 2.69. The zero-order valence-electron chi connectivity index (χ0n) is 13.2. The van der Waals surface area contributed by atoms with E-state index in [1.165, 1.54) is 12.8 Å². The predicted octanol–water partition coefficient (Wildman–Crippen LogP) is 3.78. The van der Waals surface area contributed by atoms with Gasteiger partial charge in [0.15, 0.2) is 0 Å². The third kappa shape index (κ3) is 4.48. The molecule has 112 valence electrons. The van der Waals surface area contributed by atoms with Crippen molar-refractivity contribution < 1.29 is 4.74 Å². The molecule has 0 radical (unpaired) electrons. The van der Waals surface area contributed by atoms with Crippen LogP contribution in [0.3, 0.4) is 0 Å². The first-order chi connectivity index (χ1) is 9.54. The van der Waals surface area contributed by atoms with Gasteiger partial charge in [0, 0.05) is 12.6 Å². The summed E-state index contributed by atoms with van der Waals surface area (Å²) < 4.78 is 6.07. The van der Waals surface area contributed by atoms with Crippen LogP contribution in [0.15, 0.2) is 18.3 Å². The summed E-state index contributed by atoms with van der Waals surface area (Å²) in [5.41, 5.74) is 1.07. The van der Waals surface area contributed by atoms with Crippen molar-refractivity contribution in [2.75, 3.05) is 0 Å². The lowest BCUT2D eigenvalue weighted by atomic mass is 9.80. The Morgan fingerprint density at radius 2 is 2.05 bits per heavy atom. The van der Waals surface area contributed by atoms with Gasteiger partial charge in [0.05, 0.1) is 18.0 Å². The van der Waals surface area contributed by atoms with E-state index in [9.17, 15) is 0 Å². The molecule has 0 bridgehead atoms. The van der Waals surface area contributed by atoms with Crippen molar-refractivity contribution >= 4 is 0 Å². The standard InChI is InChI=1S/C17H28N2O/c1-12(2)18-10-15-6-8-17(11-19-15)20-16-7-5-13(3)14(4)9-16/h6,8,11-14,16,18H,5,7,9-10H2,1-4H3. The van der Waals surface area contributed by atoms with Gasteiger partial charge in [-0.3, -0.25) is 4.98 Å². The second kappa shape index (κ2) is 7.07. The minimum atomic E-state index is 0.364. The molecule has 1 N–H and O–H groups in total. The third-order valence-corrected chi connectivity index (χ3v) is 4.34. The van der Waals surface area contributed by atoms with Crippen LogP contribution in [0.1, 0.15) is 52.7 Å². The highest BCUT2D eigenvalue weighted by molar-refractivity contribution is 5.20. The first kappa shape index (κ1) is 15.3. The number of hydrogen-bond donors (Lipinski definition) is 1. The number of rotatable bonds is 5. The maximum absolute atomic E-state index is 6.07. The van der Waals surface area contributed by atoms with Crippen LogP contribution in [0.2, 0.25) is 0 Å². The van der Waals surface area contributed by atoms with E-state index in [0.717, 1.165) is 36.2 Å². The van der Waals surface area contributed by atoms with Crippen LogP contribution in [-0.2, 0) is 6.54 Å². The zero-order chi connectivity index (χ0) is 14.5. The molecule has 1 aliphatic rings. The van der Waals surface area contributed by atoms with E-state index in [1.54, 1.807) is 0 Å². The van der Waals surface area contributed by atoms with Crippen molar-refractivity contribution in [1.29, 1.82) is 0 Å². The lowest BCUT2D eigenvalue weighted by Crippen LogP contribution is -2.28. The number of hydrogen-bond acceptors (Lipinski definition) is 3. The maximum atomic E-state index is 6.07. The summed E-state index contributed by atoms with van der Waals surface area (Å²) in [6, 6.07) is 4.59. The number of aromatic nitrogens is 1. The molecule has 3 heteroatoms. The quantitative estimate of drug-likeness (QED) is 0.888. The van der Waals surface area contributed by atoms with E-state index < -0.39 is 0 Å². The van der Waals surface area contributed by atoms with Gasteiger partial charge in [-0.15, -0.1) is 0 Å². The second-order valence-electron chi connectivity index (χ2n) is 6.53. The molecule has 1 saturated carbocycles. The van der Waals surface area contributed by atoms with E-state index in [1.807, 2.05) is 12.3 Å². The van der Waals surface area contributed by atoms with Crippen molar-refractivity contribution in [2.24, 2.45) is 11.8 Å². The SMILES string of the molecule is CC(C)NCc1ccc(OC2CCC(C)C(C)C2)cn1. The number of ether oxygens (including phenoxy) is 1. The van der Waals surface area contributed by atoms with Gasteiger partial charge in [-0.2, -0.15) is 0 Å². The van der Waals surface area contributed by atoms with Gasteiger partial charge in [0.2, 0.25) is 0 Å². The summed E-state index contributed by atoms with van der Waals surface area (Å²) in [5, 5.41) is 3.37. The Morgan fingerprint density at radius 3 is 2.65 bits per heavy atom. The van der Waals surface area contributed by atoms with Crippen molar-refractivity contribution in [3.05, 3.63) is 24.0 Å². The lowest BCUT2D eigenvalue weighted by molar-refractivity contribution is 0.100. The molecule has 0 aliphatic heterocycles. The van der Waals surface area contributed by atoms with Crippen LogP contribution < -0.4 is 10.1 Å². The molecule has 0 spiro atoms. The first-order valence-corrected chi connectivity index (χ1v) is 7.89. The van der Waals surface area contributed by atoms with E-state index in [-0.39, 0.29) is 0 Å². The van der Waals surface area contributed by atoms with Gasteiger partial charge in [-0.25, -0.2) is 0 Å². The molecule has 1 aliphatic carbocycles. The molecule has 0 amide bonds. The zero-order valence-corrected chi connectivity index (χ0v) is 13.2. The van der Waals surface area contributed by atoms with Gasteiger partial charge in [-0.1, -0.05) is 27.7 Å². The van der Waals surface area contributed by atoms with Gasteiger partial charge in [0.25, 0.3) is 0 Å². The van der Waals surface area contributed by atoms with Crippen molar-refractivity contribution in [3.63, 3.8) is 0 Å². The highest BCUT2D eigenvalue weighted by atomic mass is 16.5. The first-order valence-electron chi connectivity index (χ1n) is 7.89. The molecule has 1 heterocycles. The second-order valence-corrected chi connectivity index (χ2v) is 6.53. The minimum Gasteiger partial charge on any atom is -0.489 e. The highest BCUT2D eigenvalue weighted by Crippen LogP contribution is 2.31. The van der Waals surface area contributed by atoms with Gasteiger partial charge >= 0.3 is 0 Å². The molecule has 1 aromatic rings. The highest BCUT2D eigenvalue weighted by Gasteiger charge is 2.25. The Morgan fingerprint density at radius 1 is 1.25 bits per heavy atom. The smallest absolute Gasteiger partial charge is 0.138 e. The summed E-state index contributed by atoms with van der Waals surface area (Å²) in [4.78, 5) is 4.46. The topological polar surface area (TPSA) is 34.1 Å². The number of nitrogens with one attached hydrogen (secondary N) is 1.